The predicted octanol–water partition coefficient (Wildman–Crippen LogP) is 2.83. The lowest BCUT2D eigenvalue weighted by Gasteiger charge is -2.33. The minimum absolute atomic E-state index is 0.0435. The van der Waals surface area contributed by atoms with Crippen LogP contribution in [-0.2, 0) is 4.79 Å². The summed E-state index contributed by atoms with van der Waals surface area (Å²) in [6.07, 6.45) is 0.310. The SMILES string of the molecule is CC1(C(=O)O)CCCN1c1c(F)c(F)c(F)c(F)c1F. The molecule has 0 saturated carbocycles. The smallest absolute Gasteiger partial charge is 0.329 e. The van der Waals surface area contributed by atoms with E-state index in [1.165, 1.54) is 6.92 Å². The summed E-state index contributed by atoms with van der Waals surface area (Å²) < 4.78 is 66.7. The maximum Gasteiger partial charge on any atom is 0.329 e. The van der Waals surface area contributed by atoms with Crippen LogP contribution in [-0.4, -0.2) is 23.2 Å². The van der Waals surface area contributed by atoms with E-state index >= 15 is 0 Å². The molecule has 0 spiro atoms. The van der Waals surface area contributed by atoms with Crippen molar-refractivity contribution in [2.24, 2.45) is 0 Å². The largest absolute Gasteiger partial charge is 0.480 e. The number of anilines is 1. The number of aliphatic carboxylic acids is 1. The Morgan fingerprint density at radius 3 is 1.95 bits per heavy atom. The van der Waals surface area contributed by atoms with E-state index in [0.717, 1.165) is 0 Å². The van der Waals surface area contributed by atoms with Gasteiger partial charge in [-0.25, -0.2) is 26.7 Å². The molecule has 1 aliphatic rings. The zero-order valence-electron chi connectivity index (χ0n) is 10.3. The van der Waals surface area contributed by atoms with Crippen LogP contribution in [0.3, 0.4) is 0 Å². The molecule has 1 unspecified atom stereocenters. The van der Waals surface area contributed by atoms with Gasteiger partial charge in [-0.3, -0.25) is 0 Å². The van der Waals surface area contributed by atoms with Gasteiger partial charge in [-0.1, -0.05) is 0 Å². The average molecular weight is 295 g/mol. The van der Waals surface area contributed by atoms with Gasteiger partial charge in [-0.2, -0.15) is 0 Å². The van der Waals surface area contributed by atoms with E-state index < -0.39 is 46.3 Å². The van der Waals surface area contributed by atoms with Crippen molar-refractivity contribution in [3.8, 4) is 0 Å². The number of hydrogen-bond acceptors (Lipinski definition) is 2. The van der Waals surface area contributed by atoms with Gasteiger partial charge in [0.25, 0.3) is 0 Å². The van der Waals surface area contributed by atoms with Gasteiger partial charge in [0.05, 0.1) is 0 Å². The highest BCUT2D eigenvalue weighted by molar-refractivity contribution is 5.84. The lowest BCUT2D eigenvalue weighted by atomic mass is 9.98. The number of rotatable bonds is 2. The highest BCUT2D eigenvalue weighted by Gasteiger charge is 2.46. The van der Waals surface area contributed by atoms with Crippen LogP contribution in [0.4, 0.5) is 27.6 Å². The fourth-order valence-electron chi connectivity index (χ4n) is 2.37. The molecule has 3 nitrogen and oxygen atoms in total. The molecule has 0 radical (unpaired) electrons. The third kappa shape index (κ3) is 1.82. The summed E-state index contributed by atoms with van der Waals surface area (Å²) in [5.41, 5.74) is -2.90. The van der Waals surface area contributed by atoms with Gasteiger partial charge < -0.3 is 10.0 Å². The Morgan fingerprint density at radius 2 is 1.50 bits per heavy atom. The second-order valence-electron chi connectivity index (χ2n) is 4.75. The quantitative estimate of drug-likeness (QED) is 0.518. The van der Waals surface area contributed by atoms with Crippen molar-refractivity contribution >= 4 is 11.7 Å². The molecule has 1 fully saturated rings. The summed E-state index contributed by atoms with van der Waals surface area (Å²) in [6, 6.07) is 0. The first-order valence-corrected chi connectivity index (χ1v) is 5.74. The molecule has 8 heteroatoms. The normalized spacial score (nSPS) is 22.4. The molecular formula is C12H10F5NO2. The van der Waals surface area contributed by atoms with Gasteiger partial charge in [-0.05, 0) is 19.8 Å². The lowest BCUT2D eigenvalue weighted by Crippen LogP contribution is -2.49. The fourth-order valence-corrected chi connectivity index (χ4v) is 2.37. The minimum atomic E-state index is -2.26. The number of carboxylic acids is 1. The first-order chi connectivity index (χ1) is 9.21. The third-order valence-electron chi connectivity index (χ3n) is 3.56. The first kappa shape index (κ1) is 14.5. The minimum Gasteiger partial charge on any atom is -0.480 e. The van der Waals surface area contributed by atoms with Crippen molar-refractivity contribution in [2.45, 2.75) is 25.3 Å². The van der Waals surface area contributed by atoms with E-state index in [0.29, 0.717) is 4.90 Å². The predicted molar refractivity (Wildman–Crippen MR) is 58.9 cm³/mol. The van der Waals surface area contributed by atoms with E-state index in [9.17, 15) is 26.7 Å². The van der Waals surface area contributed by atoms with Gasteiger partial charge in [0, 0.05) is 6.54 Å². The molecule has 1 saturated heterocycles. The summed E-state index contributed by atoms with van der Waals surface area (Å²) in [7, 11) is 0. The summed E-state index contributed by atoms with van der Waals surface area (Å²) in [5.74, 6) is -11.9. The maximum absolute atomic E-state index is 13.7. The Kier molecular flexibility index (Phi) is 3.35. The van der Waals surface area contributed by atoms with Crippen molar-refractivity contribution in [2.75, 3.05) is 11.4 Å². The third-order valence-corrected chi connectivity index (χ3v) is 3.56. The Labute approximate surface area is 110 Å². The molecule has 1 aromatic carbocycles. The zero-order chi connectivity index (χ0) is 15.2. The van der Waals surface area contributed by atoms with Gasteiger partial charge in [-0.15, -0.1) is 0 Å². The second-order valence-corrected chi connectivity index (χ2v) is 4.75. The summed E-state index contributed by atoms with van der Waals surface area (Å²) >= 11 is 0. The zero-order valence-corrected chi connectivity index (χ0v) is 10.3. The van der Waals surface area contributed by atoms with E-state index in [1.54, 1.807) is 0 Å². The molecule has 1 aliphatic heterocycles. The average Bonchev–Trinajstić information content (AvgIpc) is 2.78. The number of carbonyl (C=O) groups is 1. The van der Waals surface area contributed by atoms with Crippen LogP contribution in [0.25, 0.3) is 0 Å². The Hall–Kier alpha value is -1.86. The monoisotopic (exact) mass is 295 g/mol. The highest BCUT2D eigenvalue weighted by Crippen LogP contribution is 2.39. The summed E-state index contributed by atoms with van der Waals surface area (Å²) in [5, 5.41) is 9.13. The van der Waals surface area contributed by atoms with Crippen molar-refractivity contribution in [1.82, 2.24) is 0 Å². The molecule has 0 aliphatic carbocycles. The van der Waals surface area contributed by atoms with E-state index in [1.807, 2.05) is 0 Å². The molecular weight excluding hydrogens is 285 g/mol. The van der Waals surface area contributed by atoms with Crippen LogP contribution in [0, 0.1) is 29.1 Å². The van der Waals surface area contributed by atoms with Crippen LogP contribution < -0.4 is 4.90 Å². The summed E-state index contributed by atoms with van der Waals surface area (Å²) in [6.45, 7) is 1.07. The van der Waals surface area contributed by atoms with E-state index in [4.69, 9.17) is 5.11 Å². The van der Waals surface area contributed by atoms with E-state index in [-0.39, 0.29) is 19.4 Å². The van der Waals surface area contributed by atoms with Crippen LogP contribution in [0.1, 0.15) is 19.8 Å². The number of hydrogen-bond donors (Lipinski definition) is 1. The summed E-state index contributed by atoms with van der Waals surface area (Å²) in [4.78, 5) is 11.9. The number of nitrogens with zero attached hydrogens (tertiary/aromatic N) is 1. The van der Waals surface area contributed by atoms with Gasteiger partial charge in [0.15, 0.2) is 23.3 Å². The highest BCUT2D eigenvalue weighted by atomic mass is 19.2. The molecule has 20 heavy (non-hydrogen) atoms. The van der Waals surface area contributed by atoms with E-state index in [2.05, 4.69) is 0 Å². The van der Waals surface area contributed by atoms with Crippen molar-refractivity contribution in [3.63, 3.8) is 0 Å². The van der Waals surface area contributed by atoms with Crippen molar-refractivity contribution < 1.29 is 31.9 Å². The molecule has 0 bridgehead atoms. The lowest BCUT2D eigenvalue weighted by molar-refractivity contribution is -0.142. The molecule has 0 amide bonds. The number of benzene rings is 1. The Bertz CT molecular complexity index is 563. The Balaban J connectivity index is 2.68. The fraction of sp³-hybridized carbons (Fsp3) is 0.417. The Morgan fingerprint density at radius 1 is 1.05 bits per heavy atom. The molecule has 1 N–H and O–H groups in total. The van der Waals surface area contributed by atoms with Crippen LogP contribution in [0.5, 0.6) is 0 Å². The molecule has 2 rings (SSSR count). The maximum atomic E-state index is 13.7. The van der Waals surface area contributed by atoms with Crippen LogP contribution in [0.2, 0.25) is 0 Å². The first-order valence-electron chi connectivity index (χ1n) is 5.74. The number of halogens is 5. The molecule has 0 aromatic heterocycles. The second kappa shape index (κ2) is 4.60. The molecule has 1 heterocycles. The van der Waals surface area contributed by atoms with Crippen molar-refractivity contribution in [1.29, 1.82) is 0 Å². The molecule has 1 atom stereocenters. The molecule has 110 valence electrons. The van der Waals surface area contributed by atoms with Gasteiger partial charge in [0.1, 0.15) is 11.2 Å². The molecule has 1 aromatic rings. The van der Waals surface area contributed by atoms with Crippen LogP contribution in [0.15, 0.2) is 0 Å². The number of carboxylic acid groups (broad SMARTS) is 1. The van der Waals surface area contributed by atoms with Gasteiger partial charge >= 0.3 is 5.97 Å². The van der Waals surface area contributed by atoms with Gasteiger partial charge in [0.2, 0.25) is 5.82 Å². The van der Waals surface area contributed by atoms with Crippen LogP contribution >= 0.6 is 0 Å². The van der Waals surface area contributed by atoms with Crippen molar-refractivity contribution in [3.05, 3.63) is 29.1 Å². The standard InChI is InChI=1S/C12H10F5NO2/c1-12(11(19)20)3-2-4-18(12)10-8(16)6(14)5(13)7(15)9(10)17/h2-4H2,1H3,(H,19,20). The topological polar surface area (TPSA) is 40.5 Å².